The summed E-state index contributed by atoms with van der Waals surface area (Å²) in [6, 6.07) is 14.7. The number of morpholine rings is 1. The first-order chi connectivity index (χ1) is 18.3. The lowest BCUT2D eigenvalue weighted by molar-refractivity contribution is -0.0540. The Morgan fingerprint density at radius 3 is 2.49 bits per heavy atom. The van der Waals surface area contributed by atoms with Gasteiger partial charge in [0.2, 0.25) is 0 Å². The van der Waals surface area contributed by atoms with E-state index in [2.05, 4.69) is 31.7 Å². The van der Waals surface area contributed by atoms with E-state index in [0.29, 0.717) is 38.3 Å². The van der Waals surface area contributed by atoms with E-state index in [-0.39, 0.29) is 29.3 Å². The smallest absolute Gasteiger partial charge is 0.410 e. The monoisotopic (exact) mass is 539 g/mol. The minimum Gasteiger partial charge on any atom is -0.494 e. The van der Waals surface area contributed by atoms with Crippen LogP contribution in [0, 0.1) is 28.5 Å². The van der Waals surface area contributed by atoms with Crippen molar-refractivity contribution in [2.75, 3.05) is 38.3 Å². The van der Waals surface area contributed by atoms with Gasteiger partial charge in [0.1, 0.15) is 5.60 Å². The van der Waals surface area contributed by atoms with E-state index in [1.807, 2.05) is 39.0 Å². The number of carbonyl (C=O) groups is 1. The van der Waals surface area contributed by atoms with Crippen molar-refractivity contribution in [1.29, 1.82) is 5.26 Å². The van der Waals surface area contributed by atoms with Gasteiger partial charge < -0.3 is 24.0 Å². The molecule has 0 spiro atoms. The Hall–Kier alpha value is -3.31. The molecule has 1 fully saturated rings. The number of hydrogen-bond donors (Lipinski definition) is 0. The standard InChI is InChI=1S/C31H42FN3O4/c1-22(16-26-20-34(14-15-38-26)29(36)39-30(2,3)4)31(5,6)21-35(25-11-8-23(18-33)9-12-25)19-24-10-13-28(37-7)27(32)17-24/h8-13,17,22,26H,14-16,19-21H2,1-7H3. The summed E-state index contributed by atoms with van der Waals surface area (Å²) in [5.41, 5.74) is 1.67. The molecule has 0 N–H and O–H groups in total. The van der Waals surface area contributed by atoms with Crippen molar-refractivity contribution in [1.82, 2.24) is 4.90 Å². The zero-order valence-electron chi connectivity index (χ0n) is 24.3. The molecule has 7 nitrogen and oxygen atoms in total. The molecule has 0 bridgehead atoms. The summed E-state index contributed by atoms with van der Waals surface area (Å²) in [6.45, 7) is 14.9. The molecule has 2 aromatic carbocycles. The lowest BCUT2D eigenvalue weighted by atomic mass is 9.76. The third-order valence-electron chi connectivity index (χ3n) is 7.29. The fourth-order valence-corrected chi connectivity index (χ4v) is 4.73. The van der Waals surface area contributed by atoms with Crippen LogP contribution >= 0.6 is 0 Å². The average Bonchev–Trinajstić information content (AvgIpc) is 2.87. The van der Waals surface area contributed by atoms with E-state index < -0.39 is 11.4 Å². The number of carbonyl (C=O) groups excluding carboxylic acids is 1. The summed E-state index contributed by atoms with van der Waals surface area (Å²) >= 11 is 0. The molecule has 2 atom stereocenters. The van der Waals surface area contributed by atoms with Gasteiger partial charge in [-0.25, -0.2) is 9.18 Å². The summed E-state index contributed by atoms with van der Waals surface area (Å²) in [5, 5.41) is 9.24. The van der Waals surface area contributed by atoms with Gasteiger partial charge in [-0.2, -0.15) is 5.26 Å². The van der Waals surface area contributed by atoms with Crippen LogP contribution in [0.3, 0.4) is 0 Å². The number of methoxy groups -OCH3 is 1. The Labute approximate surface area is 232 Å². The fourth-order valence-electron chi connectivity index (χ4n) is 4.73. The van der Waals surface area contributed by atoms with Gasteiger partial charge in [-0.3, -0.25) is 0 Å². The molecule has 0 aliphatic carbocycles. The van der Waals surface area contributed by atoms with Crippen molar-refractivity contribution < 1.29 is 23.4 Å². The molecule has 212 valence electrons. The van der Waals surface area contributed by atoms with Gasteiger partial charge in [-0.15, -0.1) is 0 Å². The van der Waals surface area contributed by atoms with E-state index in [1.165, 1.54) is 13.2 Å². The zero-order valence-corrected chi connectivity index (χ0v) is 24.3. The number of rotatable bonds is 9. The zero-order chi connectivity index (χ0) is 28.8. The van der Waals surface area contributed by atoms with Crippen molar-refractivity contribution in [3.63, 3.8) is 0 Å². The van der Waals surface area contributed by atoms with Gasteiger partial charge in [0.05, 0.1) is 38.0 Å². The van der Waals surface area contributed by atoms with Crippen molar-refractivity contribution in [2.24, 2.45) is 11.3 Å². The molecule has 2 unspecified atom stereocenters. The lowest BCUT2D eigenvalue weighted by Gasteiger charge is -2.41. The number of benzene rings is 2. The van der Waals surface area contributed by atoms with E-state index >= 15 is 0 Å². The molecule has 1 amide bonds. The number of hydrogen-bond acceptors (Lipinski definition) is 6. The fraction of sp³-hybridized carbons (Fsp3) is 0.548. The Morgan fingerprint density at radius 2 is 1.90 bits per heavy atom. The van der Waals surface area contributed by atoms with Crippen molar-refractivity contribution in [2.45, 2.75) is 66.2 Å². The number of ether oxygens (including phenoxy) is 3. The van der Waals surface area contributed by atoms with Crippen LogP contribution in [0.2, 0.25) is 0 Å². The molecule has 1 saturated heterocycles. The summed E-state index contributed by atoms with van der Waals surface area (Å²) in [5.74, 6) is 0.0616. The topological polar surface area (TPSA) is 75.0 Å². The van der Waals surface area contributed by atoms with Gasteiger partial charge >= 0.3 is 6.09 Å². The van der Waals surface area contributed by atoms with E-state index in [9.17, 15) is 14.4 Å². The van der Waals surface area contributed by atoms with Crippen LogP contribution in [0.5, 0.6) is 5.75 Å². The normalized spacial score (nSPS) is 16.8. The largest absolute Gasteiger partial charge is 0.494 e. The molecule has 8 heteroatoms. The van der Waals surface area contributed by atoms with Crippen molar-refractivity contribution in [3.05, 3.63) is 59.4 Å². The molecule has 39 heavy (non-hydrogen) atoms. The highest BCUT2D eigenvalue weighted by Gasteiger charge is 2.34. The quantitative estimate of drug-likeness (QED) is 0.367. The Morgan fingerprint density at radius 1 is 1.21 bits per heavy atom. The Bertz CT molecular complexity index is 1150. The van der Waals surface area contributed by atoms with Crippen LogP contribution in [0.4, 0.5) is 14.9 Å². The molecule has 1 heterocycles. The summed E-state index contributed by atoms with van der Waals surface area (Å²) in [4.78, 5) is 16.6. The van der Waals surface area contributed by atoms with Gasteiger partial charge in [-0.1, -0.05) is 26.8 Å². The Kier molecular flexibility index (Phi) is 9.84. The second kappa shape index (κ2) is 12.7. The summed E-state index contributed by atoms with van der Waals surface area (Å²) < 4.78 is 31.2. The third-order valence-corrected chi connectivity index (χ3v) is 7.29. The van der Waals surface area contributed by atoms with Crippen LogP contribution in [-0.2, 0) is 16.0 Å². The van der Waals surface area contributed by atoms with Gasteiger partial charge in [0.15, 0.2) is 11.6 Å². The van der Waals surface area contributed by atoms with Crippen LogP contribution in [0.25, 0.3) is 0 Å². The van der Waals surface area contributed by atoms with E-state index in [1.54, 1.807) is 23.1 Å². The minimum absolute atomic E-state index is 0.0837. The molecular weight excluding hydrogens is 497 g/mol. The number of nitriles is 1. The maximum Gasteiger partial charge on any atom is 0.410 e. The predicted octanol–water partition coefficient (Wildman–Crippen LogP) is 6.40. The van der Waals surface area contributed by atoms with Gasteiger partial charge in [0, 0.05) is 25.3 Å². The highest BCUT2D eigenvalue weighted by Crippen LogP contribution is 2.35. The second-order valence-electron chi connectivity index (χ2n) is 12.0. The number of halogens is 1. The van der Waals surface area contributed by atoms with Crippen LogP contribution in [0.15, 0.2) is 42.5 Å². The predicted molar refractivity (Wildman–Crippen MR) is 150 cm³/mol. The first-order valence-corrected chi connectivity index (χ1v) is 13.5. The van der Waals surface area contributed by atoms with Crippen LogP contribution in [0.1, 0.15) is 59.1 Å². The second-order valence-corrected chi connectivity index (χ2v) is 12.0. The number of amides is 1. The molecule has 1 aliphatic heterocycles. The maximum atomic E-state index is 14.5. The molecular formula is C31H42FN3O4. The van der Waals surface area contributed by atoms with Crippen LogP contribution in [-0.4, -0.2) is 56.0 Å². The van der Waals surface area contributed by atoms with Gasteiger partial charge in [0.25, 0.3) is 0 Å². The first kappa shape index (κ1) is 30.2. The third kappa shape index (κ3) is 8.59. The van der Waals surface area contributed by atoms with Crippen LogP contribution < -0.4 is 9.64 Å². The molecule has 0 saturated carbocycles. The SMILES string of the molecule is COc1ccc(CN(CC(C)(C)C(C)CC2CN(C(=O)OC(C)(C)C)CCO2)c2ccc(C#N)cc2)cc1F. The first-order valence-electron chi connectivity index (χ1n) is 13.5. The van der Waals surface area contributed by atoms with Gasteiger partial charge in [-0.05, 0) is 80.5 Å². The molecule has 0 aromatic heterocycles. The molecule has 2 aromatic rings. The van der Waals surface area contributed by atoms with E-state index in [4.69, 9.17) is 14.2 Å². The minimum atomic E-state index is -0.540. The molecule has 1 aliphatic rings. The summed E-state index contributed by atoms with van der Waals surface area (Å²) in [7, 11) is 1.45. The molecule has 3 rings (SSSR count). The number of nitrogens with zero attached hydrogens (tertiary/aromatic N) is 3. The number of anilines is 1. The van der Waals surface area contributed by atoms with E-state index in [0.717, 1.165) is 17.7 Å². The summed E-state index contributed by atoms with van der Waals surface area (Å²) in [6.07, 6.45) is 0.394. The highest BCUT2D eigenvalue weighted by molar-refractivity contribution is 5.68. The Balaban J connectivity index is 1.74. The molecule has 0 radical (unpaired) electrons. The van der Waals surface area contributed by atoms with Crippen molar-refractivity contribution in [3.8, 4) is 11.8 Å². The maximum absolute atomic E-state index is 14.5. The lowest BCUT2D eigenvalue weighted by Crippen LogP contribution is -2.48. The average molecular weight is 540 g/mol. The van der Waals surface area contributed by atoms with Crippen molar-refractivity contribution >= 4 is 11.8 Å². The highest BCUT2D eigenvalue weighted by atomic mass is 19.1.